The summed E-state index contributed by atoms with van der Waals surface area (Å²) in [6.07, 6.45) is 1.64. The lowest BCUT2D eigenvalue weighted by Gasteiger charge is -2.12. The van der Waals surface area contributed by atoms with E-state index in [1.54, 1.807) is 24.4 Å². The zero-order chi connectivity index (χ0) is 23.0. The van der Waals surface area contributed by atoms with Gasteiger partial charge in [-0.25, -0.2) is 9.82 Å². The summed E-state index contributed by atoms with van der Waals surface area (Å²) in [4.78, 5) is 12.2. The second-order valence-corrected chi connectivity index (χ2v) is 7.35. The Morgan fingerprint density at radius 3 is 2.58 bits per heavy atom. The van der Waals surface area contributed by atoms with Crippen LogP contribution in [0.15, 0.2) is 90.0 Å². The van der Waals surface area contributed by atoms with Crippen LogP contribution in [0.4, 0.5) is 4.39 Å². The van der Waals surface area contributed by atoms with Crippen LogP contribution in [0.1, 0.15) is 22.3 Å². The number of carbonyl (C=O) groups is 1. The fraction of sp³-hybridized carbons (Fsp3) is 0.0741. The molecule has 6 heteroatoms. The molecular weight excluding hydrogens is 417 g/mol. The highest BCUT2D eigenvalue weighted by Crippen LogP contribution is 2.27. The largest absolute Gasteiger partial charge is 0.488 e. The normalized spacial score (nSPS) is 10.8. The van der Waals surface area contributed by atoms with E-state index in [-0.39, 0.29) is 24.8 Å². The van der Waals surface area contributed by atoms with Gasteiger partial charge < -0.3 is 4.74 Å². The molecule has 0 saturated heterocycles. The van der Waals surface area contributed by atoms with Gasteiger partial charge in [0.2, 0.25) is 5.91 Å². The van der Waals surface area contributed by atoms with Crippen LogP contribution < -0.4 is 10.2 Å². The van der Waals surface area contributed by atoms with Gasteiger partial charge in [-0.2, -0.15) is 10.4 Å². The average molecular weight is 437 g/mol. The van der Waals surface area contributed by atoms with Crippen LogP contribution in [0, 0.1) is 17.1 Å². The maximum atomic E-state index is 13.0. The second-order valence-electron chi connectivity index (χ2n) is 7.35. The first kappa shape index (κ1) is 21.7. The van der Waals surface area contributed by atoms with Gasteiger partial charge in [0.25, 0.3) is 0 Å². The number of carbonyl (C=O) groups excluding carboxylic acids is 1. The summed E-state index contributed by atoms with van der Waals surface area (Å²) >= 11 is 0. The minimum absolute atomic E-state index is 0.0848. The van der Waals surface area contributed by atoms with Crippen molar-refractivity contribution in [2.75, 3.05) is 0 Å². The molecule has 1 amide bonds. The van der Waals surface area contributed by atoms with Gasteiger partial charge >= 0.3 is 0 Å². The molecule has 0 heterocycles. The first-order valence-corrected chi connectivity index (χ1v) is 10.3. The van der Waals surface area contributed by atoms with Gasteiger partial charge in [-0.05, 0) is 40.6 Å². The van der Waals surface area contributed by atoms with E-state index in [0.29, 0.717) is 22.4 Å². The van der Waals surface area contributed by atoms with Crippen molar-refractivity contribution >= 4 is 22.9 Å². The standard InChI is InChI=1S/C27H20FN3O2/c28-23-12-9-19(10-13-23)15-27(32)31-30-17-25-24-8-4-3-5-20(24)11-14-26(25)33-18-22-7-2-1-6-21(22)16-29/h1-14,17H,15,18H2,(H,31,32)/b30-17+. The van der Waals surface area contributed by atoms with Crippen molar-refractivity contribution < 1.29 is 13.9 Å². The molecule has 0 unspecified atom stereocenters. The number of nitrogens with one attached hydrogen (secondary N) is 1. The molecule has 0 fully saturated rings. The van der Waals surface area contributed by atoms with Crippen LogP contribution in [-0.2, 0) is 17.8 Å². The molecule has 5 nitrogen and oxygen atoms in total. The van der Waals surface area contributed by atoms with E-state index < -0.39 is 0 Å². The zero-order valence-electron chi connectivity index (χ0n) is 17.7. The molecule has 0 bridgehead atoms. The van der Waals surface area contributed by atoms with Crippen molar-refractivity contribution in [3.63, 3.8) is 0 Å². The number of ether oxygens (including phenoxy) is 1. The molecule has 4 aromatic carbocycles. The van der Waals surface area contributed by atoms with E-state index in [1.165, 1.54) is 12.1 Å². The van der Waals surface area contributed by atoms with Crippen molar-refractivity contribution in [2.24, 2.45) is 5.10 Å². The Morgan fingerprint density at radius 1 is 1.00 bits per heavy atom. The number of nitriles is 1. The van der Waals surface area contributed by atoms with Gasteiger partial charge in [0, 0.05) is 11.1 Å². The molecule has 33 heavy (non-hydrogen) atoms. The summed E-state index contributed by atoms with van der Waals surface area (Å²) < 4.78 is 19.1. The fourth-order valence-electron chi connectivity index (χ4n) is 3.44. The van der Waals surface area contributed by atoms with Gasteiger partial charge in [-0.1, -0.05) is 60.7 Å². The third-order valence-electron chi connectivity index (χ3n) is 5.11. The number of hydrogen-bond donors (Lipinski definition) is 1. The first-order valence-electron chi connectivity index (χ1n) is 10.3. The SMILES string of the molecule is N#Cc1ccccc1COc1ccc2ccccc2c1/C=N/NC(=O)Cc1ccc(F)cc1. The second kappa shape index (κ2) is 10.2. The quantitative estimate of drug-likeness (QED) is 0.322. The van der Waals surface area contributed by atoms with Crippen molar-refractivity contribution in [2.45, 2.75) is 13.0 Å². The zero-order valence-corrected chi connectivity index (χ0v) is 17.7. The van der Waals surface area contributed by atoms with Gasteiger partial charge in [-0.3, -0.25) is 4.79 Å². The predicted molar refractivity (Wildman–Crippen MR) is 125 cm³/mol. The molecule has 0 aromatic heterocycles. The first-order chi connectivity index (χ1) is 16.1. The minimum atomic E-state index is -0.349. The Labute approximate surface area is 190 Å². The average Bonchev–Trinajstić information content (AvgIpc) is 2.85. The molecule has 0 radical (unpaired) electrons. The van der Waals surface area contributed by atoms with Crippen LogP contribution in [0.5, 0.6) is 5.75 Å². The Hall–Kier alpha value is -4.50. The highest BCUT2D eigenvalue weighted by atomic mass is 19.1. The summed E-state index contributed by atoms with van der Waals surface area (Å²) in [5.41, 5.74) is 5.26. The van der Waals surface area contributed by atoms with Crippen LogP contribution in [0.3, 0.4) is 0 Å². The number of amides is 1. The van der Waals surface area contributed by atoms with E-state index in [1.807, 2.05) is 54.6 Å². The van der Waals surface area contributed by atoms with Crippen LogP contribution >= 0.6 is 0 Å². The number of halogens is 1. The van der Waals surface area contributed by atoms with Crippen LogP contribution in [-0.4, -0.2) is 12.1 Å². The summed E-state index contributed by atoms with van der Waals surface area (Å²) in [5, 5.41) is 15.4. The lowest BCUT2D eigenvalue weighted by atomic mass is 10.0. The molecular formula is C27H20FN3O2. The Bertz CT molecular complexity index is 1360. The van der Waals surface area contributed by atoms with Gasteiger partial charge in [0.05, 0.1) is 24.3 Å². The highest BCUT2D eigenvalue weighted by molar-refractivity contribution is 6.02. The third kappa shape index (κ3) is 5.41. The summed E-state index contributed by atoms with van der Waals surface area (Å²) in [7, 11) is 0. The van der Waals surface area contributed by atoms with Gasteiger partial charge in [0.15, 0.2) is 0 Å². The van der Waals surface area contributed by atoms with Crippen LogP contribution in [0.2, 0.25) is 0 Å². The monoisotopic (exact) mass is 437 g/mol. The van der Waals surface area contributed by atoms with Crippen molar-refractivity contribution in [3.8, 4) is 11.8 Å². The predicted octanol–water partition coefficient (Wildman–Crippen LogP) is 5.12. The molecule has 1 N–H and O–H groups in total. The number of fused-ring (bicyclic) bond motifs is 1. The van der Waals surface area contributed by atoms with E-state index in [9.17, 15) is 14.4 Å². The number of hydrogen-bond acceptors (Lipinski definition) is 4. The van der Waals surface area contributed by atoms with Gasteiger partial charge in [0.1, 0.15) is 18.2 Å². The van der Waals surface area contributed by atoms with Gasteiger partial charge in [-0.15, -0.1) is 0 Å². The molecule has 4 aromatic rings. The van der Waals surface area contributed by atoms with Crippen molar-refractivity contribution in [1.29, 1.82) is 5.26 Å². The number of nitrogens with zero attached hydrogens (tertiary/aromatic N) is 2. The van der Waals surface area contributed by atoms with E-state index in [2.05, 4.69) is 16.6 Å². The van der Waals surface area contributed by atoms with Crippen molar-refractivity contribution in [3.05, 3.63) is 113 Å². The number of benzene rings is 4. The van der Waals surface area contributed by atoms with Crippen molar-refractivity contribution in [1.82, 2.24) is 5.43 Å². The highest BCUT2D eigenvalue weighted by Gasteiger charge is 2.10. The molecule has 4 rings (SSSR count). The maximum absolute atomic E-state index is 13.0. The summed E-state index contributed by atoms with van der Waals surface area (Å²) in [6, 6.07) is 26.8. The summed E-state index contributed by atoms with van der Waals surface area (Å²) in [6.45, 7) is 0.222. The van der Waals surface area contributed by atoms with E-state index >= 15 is 0 Å². The molecule has 0 aliphatic rings. The number of hydrazone groups is 1. The Balaban J connectivity index is 1.54. The molecule has 0 atom stereocenters. The maximum Gasteiger partial charge on any atom is 0.244 e. The Morgan fingerprint density at radius 2 is 1.76 bits per heavy atom. The molecule has 0 aliphatic carbocycles. The Kier molecular flexibility index (Phi) is 6.72. The topological polar surface area (TPSA) is 74.5 Å². The minimum Gasteiger partial charge on any atom is -0.488 e. The van der Waals surface area contributed by atoms with E-state index in [4.69, 9.17) is 4.74 Å². The smallest absolute Gasteiger partial charge is 0.244 e. The van der Waals surface area contributed by atoms with E-state index in [0.717, 1.165) is 16.3 Å². The summed E-state index contributed by atoms with van der Waals surface area (Å²) in [5.74, 6) is -0.0838. The molecule has 0 aliphatic heterocycles. The number of rotatable bonds is 7. The lowest BCUT2D eigenvalue weighted by Crippen LogP contribution is -2.19. The fourth-order valence-corrected chi connectivity index (χ4v) is 3.44. The molecule has 162 valence electrons. The third-order valence-corrected chi connectivity index (χ3v) is 5.11. The van der Waals surface area contributed by atoms with Crippen LogP contribution in [0.25, 0.3) is 10.8 Å². The molecule has 0 saturated carbocycles. The lowest BCUT2D eigenvalue weighted by molar-refractivity contribution is -0.120. The molecule has 0 spiro atoms.